The average molecular weight is 445 g/mol. The lowest BCUT2D eigenvalue weighted by molar-refractivity contribution is 0.102. The summed E-state index contributed by atoms with van der Waals surface area (Å²) in [6.45, 7) is 4.39. The smallest absolute Gasteiger partial charge is 0.255 e. The summed E-state index contributed by atoms with van der Waals surface area (Å²) in [7, 11) is 0. The van der Waals surface area contributed by atoms with Gasteiger partial charge >= 0.3 is 0 Å². The highest BCUT2D eigenvalue weighted by atomic mass is 16.1. The van der Waals surface area contributed by atoms with Crippen LogP contribution < -0.4 is 10.2 Å². The van der Waals surface area contributed by atoms with Crippen molar-refractivity contribution < 1.29 is 4.79 Å². The first kappa shape index (κ1) is 21.7. The van der Waals surface area contributed by atoms with Gasteiger partial charge in [-0.2, -0.15) is 0 Å². The lowest BCUT2D eigenvalue weighted by Gasteiger charge is -2.27. The van der Waals surface area contributed by atoms with Crippen LogP contribution in [0.2, 0.25) is 0 Å². The normalized spacial score (nSPS) is 13.3. The van der Waals surface area contributed by atoms with E-state index in [0.29, 0.717) is 5.56 Å². The number of allylic oxidation sites excluding steroid dienone is 2. The van der Waals surface area contributed by atoms with E-state index in [1.54, 1.807) is 0 Å². The summed E-state index contributed by atoms with van der Waals surface area (Å²) >= 11 is 0. The molecule has 4 aromatic rings. The predicted molar refractivity (Wildman–Crippen MR) is 142 cm³/mol. The number of hydrogen-bond acceptors (Lipinski definition) is 2. The second-order valence-electron chi connectivity index (χ2n) is 8.78. The van der Waals surface area contributed by atoms with Gasteiger partial charge in [-0.25, -0.2) is 0 Å². The number of benzene rings is 4. The van der Waals surface area contributed by atoms with Crippen molar-refractivity contribution in [2.24, 2.45) is 0 Å². The van der Waals surface area contributed by atoms with Crippen molar-refractivity contribution in [3.05, 3.63) is 126 Å². The van der Waals surface area contributed by atoms with Crippen LogP contribution in [0.1, 0.15) is 36.2 Å². The Labute approximate surface area is 201 Å². The average Bonchev–Trinajstić information content (AvgIpc) is 3.01. The van der Waals surface area contributed by atoms with Crippen LogP contribution in [0.4, 0.5) is 17.1 Å². The maximum atomic E-state index is 13.0. The van der Waals surface area contributed by atoms with E-state index >= 15 is 0 Å². The van der Waals surface area contributed by atoms with E-state index in [0.717, 1.165) is 35.3 Å². The first-order valence-corrected chi connectivity index (χ1v) is 11.7. The molecule has 168 valence electrons. The molecular weight excluding hydrogens is 416 g/mol. The van der Waals surface area contributed by atoms with E-state index in [-0.39, 0.29) is 5.91 Å². The third-order valence-electron chi connectivity index (χ3n) is 6.57. The number of aryl methyl sites for hydroxylation is 1. The van der Waals surface area contributed by atoms with Crippen molar-refractivity contribution in [3.8, 4) is 11.1 Å². The summed E-state index contributed by atoms with van der Waals surface area (Å²) in [5, 5.41) is 3.09. The Hall–Kier alpha value is -4.11. The molecule has 1 amide bonds. The molecule has 0 fully saturated rings. The Kier molecular flexibility index (Phi) is 6.01. The van der Waals surface area contributed by atoms with Crippen molar-refractivity contribution >= 4 is 23.0 Å². The first-order chi connectivity index (χ1) is 16.6. The molecule has 0 radical (unpaired) electrons. The van der Waals surface area contributed by atoms with Gasteiger partial charge in [0.1, 0.15) is 0 Å². The molecule has 0 bridgehead atoms. The molecule has 0 aromatic heterocycles. The van der Waals surface area contributed by atoms with Crippen LogP contribution in [-0.4, -0.2) is 5.91 Å². The largest absolute Gasteiger partial charge is 0.322 e. The van der Waals surface area contributed by atoms with E-state index in [4.69, 9.17) is 0 Å². The summed E-state index contributed by atoms with van der Waals surface area (Å²) in [5.74, 6) is -0.0985. The Balaban J connectivity index is 1.39. The second kappa shape index (κ2) is 9.40. The summed E-state index contributed by atoms with van der Waals surface area (Å²) in [6, 6.07) is 34.6. The zero-order chi connectivity index (χ0) is 23.5. The van der Waals surface area contributed by atoms with Gasteiger partial charge in [-0.05, 0) is 85.8 Å². The molecule has 0 atom stereocenters. The van der Waals surface area contributed by atoms with Gasteiger partial charge in [-0.1, -0.05) is 66.2 Å². The van der Waals surface area contributed by atoms with Gasteiger partial charge in [-0.3, -0.25) is 4.79 Å². The Bertz CT molecular complexity index is 1340. The minimum atomic E-state index is -0.0985. The fourth-order valence-corrected chi connectivity index (χ4v) is 4.51. The number of carbonyl (C=O) groups excluding carboxylic acids is 1. The Morgan fingerprint density at radius 2 is 1.38 bits per heavy atom. The quantitative estimate of drug-likeness (QED) is 0.346. The molecular formula is C31H28N2O. The molecule has 1 N–H and O–H groups in total. The summed E-state index contributed by atoms with van der Waals surface area (Å²) in [5.41, 5.74) is 9.91. The Morgan fingerprint density at radius 3 is 2.09 bits per heavy atom. The molecule has 1 aliphatic heterocycles. The zero-order valence-corrected chi connectivity index (χ0v) is 19.6. The number of para-hydroxylation sites is 1. The summed E-state index contributed by atoms with van der Waals surface area (Å²) in [6.07, 6.45) is 1.94. The van der Waals surface area contributed by atoms with Crippen LogP contribution in [0, 0.1) is 0 Å². The molecule has 1 heterocycles. The molecule has 0 unspecified atom stereocenters. The number of rotatable bonds is 4. The van der Waals surface area contributed by atoms with Crippen LogP contribution in [0.15, 0.2) is 114 Å². The van der Waals surface area contributed by atoms with E-state index in [1.165, 1.54) is 22.5 Å². The highest BCUT2D eigenvalue weighted by Gasteiger charge is 2.21. The summed E-state index contributed by atoms with van der Waals surface area (Å²) < 4.78 is 0. The molecule has 1 aliphatic rings. The molecule has 0 saturated heterocycles. The van der Waals surface area contributed by atoms with Crippen molar-refractivity contribution in [3.63, 3.8) is 0 Å². The number of amides is 1. The molecule has 0 aliphatic carbocycles. The van der Waals surface area contributed by atoms with Gasteiger partial charge in [0, 0.05) is 28.3 Å². The van der Waals surface area contributed by atoms with Gasteiger partial charge in [0.15, 0.2) is 0 Å². The van der Waals surface area contributed by atoms with Crippen molar-refractivity contribution in [1.29, 1.82) is 0 Å². The van der Waals surface area contributed by atoms with Crippen LogP contribution >= 0.6 is 0 Å². The maximum absolute atomic E-state index is 13.0. The zero-order valence-electron chi connectivity index (χ0n) is 19.6. The topological polar surface area (TPSA) is 32.3 Å². The SMILES string of the molecule is CC1=C(C)N(c2ccccc2)c2ccc(NC(=O)c3ccc(-c4ccccc4)cc3)cc2CC1. The van der Waals surface area contributed by atoms with Gasteiger partial charge in [0.25, 0.3) is 5.91 Å². The lowest BCUT2D eigenvalue weighted by Crippen LogP contribution is -2.16. The number of carbonyl (C=O) groups is 1. The van der Waals surface area contributed by atoms with Crippen LogP contribution in [0.25, 0.3) is 11.1 Å². The number of anilines is 3. The second-order valence-corrected chi connectivity index (χ2v) is 8.78. The van der Waals surface area contributed by atoms with Crippen molar-refractivity contribution in [2.75, 3.05) is 10.2 Å². The van der Waals surface area contributed by atoms with Crippen LogP contribution in [-0.2, 0) is 6.42 Å². The minimum absolute atomic E-state index is 0.0985. The third-order valence-corrected chi connectivity index (χ3v) is 6.57. The van der Waals surface area contributed by atoms with Crippen LogP contribution in [0.3, 0.4) is 0 Å². The van der Waals surface area contributed by atoms with Gasteiger partial charge in [0.2, 0.25) is 0 Å². The van der Waals surface area contributed by atoms with E-state index in [1.807, 2.05) is 54.6 Å². The standard InChI is InChI=1S/C31H28N2O/c1-22-13-14-27-21-28(19-20-30(27)33(23(22)2)29-11-7-4-8-12-29)32-31(34)26-17-15-25(16-18-26)24-9-5-3-6-10-24/h3-12,15-21H,13-14H2,1-2H3,(H,32,34). The van der Waals surface area contributed by atoms with Crippen molar-refractivity contribution in [1.82, 2.24) is 0 Å². The maximum Gasteiger partial charge on any atom is 0.255 e. The molecule has 34 heavy (non-hydrogen) atoms. The minimum Gasteiger partial charge on any atom is -0.322 e. The Morgan fingerprint density at radius 1 is 0.735 bits per heavy atom. The van der Waals surface area contributed by atoms with Crippen LogP contribution in [0.5, 0.6) is 0 Å². The van der Waals surface area contributed by atoms with Gasteiger partial charge in [0.05, 0.1) is 0 Å². The highest BCUT2D eigenvalue weighted by Crippen LogP contribution is 2.38. The molecule has 5 rings (SSSR count). The number of fused-ring (bicyclic) bond motifs is 1. The molecule has 3 heteroatoms. The third kappa shape index (κ3) is 4.38. The van der Waals surface area contributed by atoms with Gasteiger partial charge < -0.3 is 10.2 Å². The first-order valence-electron chi connectivity index (χ1n) is 11.7. The molecule has 3 nitrogen and oxygen atoms in total. The molecule has 0 saturated carbocycles. The number of nitrogens with zero attached hydrogens (tertiary/aromatic N) is 1. The van der Waals surface area contributed by atoms with E-state index in [9.17, 15) is 4.79 Å². The van der Waals surface area contributed by atoms with E-state index < -0.39 is 0 Å². The highest BCUT2D eigenvalue weighted by molar-refractivity contribution is 6.04. The fraction of sp³-hybridized carbons (Fsp3) is 0.129. The lowest BCUT2D eigenvalue weighted by atomic mass is 10.0. The number of hydrogen-bond donors (Lipinski definition) is 1. The number of nitrogens with one attached hydrogen (secondary N) is 1. The van der Waals surface area contributed by atoms with E-state index in [2.05, 4.69) is 72.6 Å². The molecule has 4 aromatic carbocycles. The summed E-state index contributed by atoms with van der Waals surface area (Å²) in [4.78, 5) is 15.3. The van der Waals surface area contributed by atoms with Crippen molar-refractivity contribution in [2.45, 2.75) is 26.7 Å². The predicted octanol–water partition coefficient (Wildman–Crippen LogP) is 7.98. The van der Waals surface area contributed by atoms with Gasteiger partial charge in [-0.15, -0.1) is 0 Å². The monoisotopic (exact) mass is 444 g/mol. The molecule has 0 spiro atoms. The fourth-order valence-electron chi connectivity index (χ4n) is 4.51.